The number of nitrogens with zero attached hydrogens (tertiary/aromatic N) is 1. The molecule has 1 saturated carbocycles. The lowest BCUT2D eigenvalue weighted by Crippen LogP contribution is -2.40. The molecule has 0 N–H and O–H groups in total. The van der Waals surface area contributed by atoms with Crippen LogP contribution in [0.4, 0.5) is 0 Å². The highest BCUT2D eigenvalue weighted by Gasteiger charge is 2.29. The summed E-state index contributed by atoms with van der Waals surface area (Å²) in [6.07, 6.45) is 4.64. The minimum absolute atomic E-state index is 0.0277. The van der Waals surface area contributed by atoms with Crippen molar-refractivity contribution in [3.63, 3.8) is 0 Å². The average molecular weight is 423 g/mol. The average Bonchev–Trinajstić information content (AvgIpc) is 2.74. The number of hydrogen-bond acceptors (Lipinski definition) is 7. The van der Waals surface area contributed by atoms with Gasteiger partial charge in [0.05, 0.1) is 20.3 Å². The third-order valence-corrected chi connectivity index (χ3v) is 6.86. The summed E-state index contributed by atoms with van der Waals surface area (Å²) in [6, 6.07) is 4.65. The van der Waals surface area contributed by atoms with Crippen LogP contribution in [0.3, 0.4) is 0 Å². The molecule has 2 fully saturated rings. The van der Waals surface area contributed by atoms with Crippen LogP contribution < -0.4 is 4.74 Å². The Morgan fingerprint density at radius 2 is 2.00 bits per heavy atom. The number of rotatable bonds is 6. The zero-order valence-corrected chi connectivity index (χ0v) is 17.2. The fourth-order valence-electron chi connectivity index (χ4n) is 3.34. The number of morpholine rings is 1. The van der Waals surface area contributed by atoms with Crippen LogP contribution in [-0.4, -0.2) is 64.0 Å². The molecular weight excluding hydrogens is 398 g/mol. The summed E-state index contributed by atoms with van der Waals surface area (Å²) in [5.74, 6) is -0.455. The molecule has 8 nitrogen and oxygen atoms in total. The second-order valence-electron chi connectivity index (χ2n) is 6.90. The van der Waals surface area contributed by atoms with Crippen LogP contribution >= 0.6 is 0 Å². The Bertz CT molecular complexity index is 888. The van der Waals surface area contributed by atoms with Gasteiger partial charge in [-0.05, 0) is 43.0 Å². The number of benzene rings is 1. The van der Waals surface area contributed by atoms with Crippen molar-refractivity contribution in [2.45, 2.75) is 36.7 Å². The number of Topliss-reactive ketones (excluding diaryl/α,β-unsaturated/α-hetero) is 1. The quantitative estimate of drug-likeness (QED) is 0.508. The Morgan fingerprint density at radius 3 is 2.69 bits per heavy atom. The van der Waals surface area contributed by atoms with Gasteiger partial charge < -0.3 is 14.2 Å². The van der Waals surface area contributed by atoms with Gasteiger partial charge in [-0.3, -0.25) is 4.79 Å². The second-order valence-corrected chi connectivity index (χ2v) is 8.80. The van der Waals surface area contributed by atoms with E-state index < -0.39 is 22.1 Å². The molecule has 2 aliphatic rings. The maximum absolute atomic E-state index is 13.0. The molecule has 0 bridgehead atoms. The molecule has 0 spiro atoms. The van der Waals surface area contributed by atoms with E-state index >= 15 is 0 Å². The number of carbonyl (C=O) groups is 2. The number of methoxy groups -OCH3 is 1. The molecule has 0 radical (unpaired) electrons. The summed E-state index contributed by atoms with van der Waals surface area (Å²) in [5.41, 5.74) is 0.504. The number of ketones is 1. The maximum atomic E-state index is 13.0. The Balaban J connectivity index is 1.76. The zero-order chi connectivity index (χ0) is 20.9. The summed E-state index contributed by atoms with van der Waals surface area (Å²) >= 11 is 0. The topological polar surface area (TPSA) is 99.2 Å². The summed E-state index contributed by atoms with van der Waals surface area (Å²) in [4.78, 5) is 23.9. The van der Waals surface area contributed by atoms with E-state index in [9.17, 15) is 18.0 Å². The monoisotopic (exact) mass is 423 g/mol. The van der Waals surface area contributed by atoms with Gasteiger partial charge in [-0.15, -0.1) is 0 Å². The van der Waals surface area contributed by atoms with Crippen molar-refractivity contribution in [1.29, 1.82) is 0 Å². The molecule has 0 aromatic heterocycles. The first-order chi connectivity index (χ1) is 13.9. The molecular formula is C20H25NO7S. The third kappa shape index (κ3) is 5.23. The van der Waals surface area contributed by atoms with Gasteiger partial charge in [-0.2, -0.15) is 4.31 Å². The normalized spacial score (nSPS) is 21.3. The number of carbonyl (C=O) groups excluding carboxylic acids is 2. The third-order valence-electron chi connectivity index (χ3n) is 4.94. The van der Waals surface area contributed by atoms with Crippen LogP contribution in [0.2, 0.25) is 0 Å². The summed E-state index contributed by atoms with van der Waals surface area (Å²) in [5, 5.41) is 0. The maximum Gasteiger partial charge on any atom is 0.331 e. The molecule has 1 aromatic rings. The van der Waals surface area contributed by atoms with Gasteiger partial charge in [-0.25, -0.2) is 13.2 Å². The lowest BCUT2D eigenvalue weighted by molar-refractivity contribution is -0.152. The van der Waals surface area contributed by atoms with Crippen molar-refractivity contribution in [3.05, 3.63) is 29.8 Å². The Labute approximate surface area is 170 Å². The van der Waals surface area contributed by atoms with Crippen molar-refractivity contribution >= 4 is 27.9 Å². The predicted octanol–water partition coefficient (Wildman–Crippen LogP) is 1.78. The van der Waals surface area contributed by atoms with Gasteiger partial charge >= 0.3 is 5.97 Å². The lowest BCUT2D eigenvalue weighted by Gasteiger charge is -2.26. The molecule has 158 valence electrons. The van der Waals surface area contributed by atoms with Gasteiger partial charge in [-0.1, -0.05) is 6.07 Å². The van der Waals surface area contributed by atoms with Crippen molar-refractivity contribution in [1.82, 2.24) is 4.31 Å². The van der Waals surface area contributed by atoms with E-state index in [0.29, 0.717) is 31.6 Å². The Hall–Kier alpha value is -2.23. The van der Waals surface area contributed by atoms with Gasteiger partial charge in [0.2, 0.25) is 10.0 Å². The lowest BCUT2D eigenvalue weighted by atomic mass is 9.96. The van der Waals surface area contributed by atoms with Crippen LogP contribution in [-0.2, 0) is 29.1 Å². The molecule has 1 aromatic carbocycles. The summed E-state index contributed by atoms with van der Waals surface area (Å²) in [7, 11) is -2.36. The van der Waals surface area contributed by atoms with Crippen LogP contribution in [0.15, 0.2) is 29.2 Å². The van der Waals surface area contributed by atoms with Gasteiger partial charge in [0, 0.05) is 25.6 Å². The number of sulfonamides is 1. The van der Waals surface area contributed by atoms with Gasteiger partial charge in [0.1, 0.15) is 10.6 Å². The fraction of sp³-hybridized carbons (Fsp3) is 0.500. The van der Waals surface area contributed by atoms with Crippen molar-refractivity contribution in [3.8, 4) is 5.75 Å². The first-order valence-electron chi connectivity index (χ1n) is 9.59. The molecule has 9 heteroatoms. The molecule has 1 heterocycles. The molecule has 1 aliphatic carbocycles. The Morgan fingerprint density at radius 1 is 1.24 bits per heavy atom. The predicted molar refractivity (Wildman–Crippen MR) is 105 cm³/mol. The minimum Gasteiger partial charge on any atom is -0.495 e. The molecule has 29 heavy (non-hydrogen) atoms. The van der Waals surface area contributed by atoms with Crippen molar-refractivity contribution < 1.29 is 32.2 Å². The van der Waals surface area contributed by atoms with Gasteiger partial charge in [0.25, 0.3) is 0 Å². The van der Waals surface area contributed by atoms with Crippen LogP contribution in [0.25, 0.3) is 6.08 Å². The highest BCUT2D eigenvalue weighted by molar-refractivity contribution is 7.89. The number of ether oxygens (including phenoxy) is 3. The first kappa shape index (κ1) is 21.5. The SMILES string of the molecule is COc1ccc(C=CC(=O)OC2CCCCC2=O)cc1S(=O)(=O)N1CCOCC1. The first-order valence-corrected chi connectivity index (χ1v) is 11.0. The standard InChI is InChI=1S/C20H25NO7S/c1-26-18-8-6-15(7-9-20(23)28-17-5-3-2-4-16(17)22)14-19(18)29(24,25)21-10-12-27-13-11-21/h6-9,14,17H,2-5,10-13H2,1H3. The molecule has 1 atom stereocenters. The van der Waals surface area contributed by atoms with Crippen LogP contribution in [0, 0.1) is 0 Å². The van der Waals surface area contributed by atoms with Crippen LogP contribution in [0.5, 0.6) is 5.75 Å². The van der Waals surface area contributed by atoms with Gasteiger partial charge in [0.15, 0.2) is 11.9 Å². The molecule has 1 aliphatic heterocycles. The number of hydrogen-bond donors (Lipinski definition) is 0. The van der Waals surface area contributed by atoms with E-state index in [1.165, 1.54) is 29.6 Å². The molecule has 1 unspecified atom stereocenters. The number of esters is 1. The van der Waals surface area contributed by atoms with Crippen LogP contribution in [0.1, 0.15) is 31.2 Å². The van der Waals surface area contributed by atoms with E-state index in [1.54, 1.807) is 12.1 Å². The minimum atomic E-state index is -3.76. The van der Waals surface area contributed by atoms with E-state index in [4.69, 9.17) is 14.2 Å². The molecule has 3 rings (SSSR count). The van der Waals surface area contributed by atoms with Crippen molar-refractivity contribution in [2.75, 3.05) is 33.4 Å². The van der Waals surface area contributed by atoms with E-state index in [1.807, 2.05) is 0 Å². The highest BCUT2D eigenvalue weighted by atomic mass is 32.2. The molecule has 0 amide bonds. The zero-order valence-electron chi connectivity index (χ0n) is 16.3. The fourth-order valence-corrected chi connectivity index (χ4v) is 4.94. The van der Waals surface area contributed by atoms with Crippen molar-refractivity contribution in [2.24, 2.45) is 0 Å². The smallest absolute Gasteiger partial charge is 0.331 e. The highest BCUT2D eigenvalue weighted by Crippen LogP contribution is 2.29. The van der Waals surface area contributed by atoms with E-state index in [0.717, 1.165) is 12.8 Å². The summed E-state index contributed by atoms with van der Waals surface area (Å²) in [6.45, 7) is 1.22. The van der Waals surface area contributed by atoms with E-state index in [-0.39, 0.29) is 29.5 Å². The molecule has 1 saturated heterocycles. The van der Waals surface area contributed by atoms with E-state index in [2.05, 4.69) is 0 Å². The summed E-state index contributed by atoms with van der Waals surface area (Å²) < 4.78 is 43.0. The second kappa shape index (κ2) is 9.51. The largest absolute Gasteiger partial charge is 0.495 e. The Kier molecular flexibility index (Phi) is 7.05.